The number of rotatable bonds is 4. The van der Waals surface area contributed by atoms with E-state index in [4.69, 9.17) is 10.2 Å². The predicted molar refractivity (Wildman–Crippen MR) is 86.6 cm³/mol. The monoisotopic (exact) mass is 318 g/mol. The molecule has 0 spiro atoms. The van der Waals surface area contributed by atoms with Gasteiger partial charge in [0.15, 0.2) is 0 Å². The number of nitrogens with zero attached hydrogens (tertiary/aromatic N) is 8. The number of aromatic nitrogens is 7. The Bertz CT molecular complexity index is 1050. The molecule has 0 bridgehead atoms. The van der Waals surface area contributed by atoms with Crippen LogP contribution >= 0.6 is 0 Å². The zero-order valence-electron chi connectivity index (χ0n) is 13.0. The fourth-order valence-corrected chi connectivity index (χ4v) is 2.59. The summed E-state index contributed by atoms with van der Waals surface area (Å²) in [6, 6.07) is 4.05. The Kier molecular flexibility index (Phi) is 3.31. The smallest absolute Gasteiger partial charge is 0.149 e. The Morgan fingerprint density at radius 1 is 1.17 bits per heavy atom. The summed E-state index contributed by atoms with van der Waals surface area (Å²) in [5, 5.41) is 17.2. The molecular formula is C16H14N8. The lowest BCUT2D eigenvalue weighted by atomic mass is 10.2. The van der Waals surface area contributed by atoms with Crippen LogP contribution in [-0.2, 0) is 13.6 Å². The number of nitriles is 1. The molecule has 0 aliphatic rings. The predicted octanol–water partition coefficient (Wildman–Crippen LogP) is 1.91. The van der Waals surface area contributed by atoms with Gasteiger partial charge in [0.2, 0.25) is 0 Å². The van der Waals surface area contributed by atoms with Crippen LogP contribution in [0.3, 0.4) is 0 Å². The topological polar surface area (TPSA) is 89.6 Å². The highest BCUT2D eigenvalue weighted by Crippen LogP contribution is 2.24. The van der Waals surface area contributed by atoms with Gasteiger partial charge in [0.05, 0.1) is 42.7 Å². The van der Waals surface area contributed by atoms with Crippen LogP contribution in [0.4, 0.5) is 0 Å². The molecule has 0 saturated heterocycles. The van der Waals surface area contributed by atoms with Gasteiger partial charge in [-0.2, -0.15) is 15.5 Å². The SMILES string of the molecule is Cn1cc(-c2cc3nccn3c(-c3cnn(CCC#N)c3)n2)cn1. The summed E-state index contributed by atoms with van der Waals surface area (Å²) in [6.07, 6.45) is 11.4. The third-order valence-corrected chi connectivity index (χ3v) is 3.73. The normalized spacial score (nSPS) is 11.0. The third kappa shape index (κ3) is 2.42. The molecule has 0 fully saturated rings. The molecule has 4 heterocycles. The summed E-state index contributed by atoms with van der Waals surface area (Å²) in [5.74, 6) is 0.757. The van der Waals surface area contributed by atoms with Gasteiger partial charge < -0.3 is 0 Å². The summed E-state index contributed by atoms with van der Waals surface area (Å²) < 4.78 is 5.41. The van der Waals surface area contributed by atoms with E-state index in [-0.39, 0.29) is 0 Å². The number of hydrogen-bond acceptors (Lipinski definition) is 5. The van der Waals surface area contributed by atoms with Crippen molar-refractivity contribution in [3.05, 3.63) is 43.2 Å². The minimum absolute atomic E-state index is 0.421. The number of aryl methyl sites for hydroxylation is 2. The van der Waals surface area contributed by atoms with Gasteiger partial charge >= 0.3 is 0 Å². The van der Waals surface area contributed by atoms with Gasteiger partial charge in [0.1, 0.15) is 11.5 Å². The molecule has 0 aliphatic heterocycles. The molecule has 0 N–H and O–H groups in total. The van der Waals surface area contributed by atoms with E-state index in [0.29, 0.717) is 13.0 Å². The van der Waals surface area contributed by atoms with Gasteiger partial charge in [-0.3, -0.25) is 13.8 Å². The lowest BCUT2D eigenvalue weighted by Crippen LogP contribution is -1.98. The fraction of sp³-hybridized carbons (Fsp3) is 0.188. The molecule has 4 rings (SSSR count). The first-order chi connectivity index (χ1) is 11.7. The number of imidazole rings is 1. The zero-order chi connectivity index (χ0) is 16.5. The Labute approximate surface area is 137 Å². The Morgan fingerprint density at radius 2 is 2.04 bits per heavy atom. The van der Waals surface area contributed by atoms with Crippen molar-refractivity contribution in [3.8, 4) is 28.7 Å². The molecule has 0 amide bonds. The molecule has 0 aromatic carbocycles. The van der Waals surface area contributed by atoms with E-state index in [0.717, 1.165) is 28.3 Å². The van der Waals surface area contributed by atoms with Gasteiger partial charge in [-0.25, -0.2) is 9.97 Å². The minimum atomic E-state index is 0.421. The largest absolute Gasteiger partial charge is 0.284 e. The van der Waals surface area contributed by atoms with Crippen LogP contribution in [0.1, 0.15) is 6.42 Å². The van der Waals surface area contributed by atoms with Gasteiger partial charge in [0, 0.05) is 43.5 Å². The molecule has 8 heteroatoms. The summed E-state index contributed by atoms with van der Waals surface area (Å²) in [6.45, 7) is 0.561. The molecule has 0 aliphatic carbocycles. The molecule has 8 nitrogen and oxygen atoms in total. The Balaban J connectivity index is 1.83. The molecule has 118 valence electrons. The van der Waals surface area contributed by atoms with Crippen molar-refractivity contribution in [2.75, 3.05) is 0 Å². The minimum Gasteiger partial charge on any atom is -0.284 e. The first-order valence-electron chi connectivity index (χ1n) is 7.47. The lowest BCUT2D eigenvalue weighted by Gasteiger charge is -2.05. The van der Waals surface area contributed by atoms with E-state index < -0.39 is 0 Å². The number of fused-ring (bicyclic) bond motifs is 1. The second-order valence-electron chi connectivity index (χ2n) is 5.42. The quantitative estimate of drug-likeness (QED) is 0.573. The van der Waals surface area contributed by atoms with Crippen LogP contribution in [0, 0.1) is 11.3 Å². The molecule has 0 radical (unpaired) electrons. The standard InChI is InChI=1S/C16H14N8/c1-22-10-12(8-19-22)14-7-15-18-4-6-24(15)16(21-14)13-9-20-23(11-13)5-2-3-17/h4,6-11H,2,5H2,1H3. The molecule has 0 unspecified atom stereocenters. The van der Waals surface area contributed by atoms with Crippen LogP contribution < -0.4 is 0 Å². The van der Waals surface area contributed by atoms with Crippen LogP contribution in [0.25, 0.3) is 28.3 Å². The fourth-order valence-electron chi connectivity index (χ4n) is 2.59. The van der Waals surface area contributed by atoms with Crippen molar-refractivity contribution >= 4 is 5.65 Å². The highest BCUT2D eigenvalue weighted by atomic mass is 15.3. The Morgan fingerprint density at radius 3 is 2.83 bits per heavy atom. The molecule has 0 saturated carbocycles. The van der Waals surface area contributed by atoms with Gasteiger partial charge in [-0.05, 0) is 0 Å². The van der Waals surface area contributed by atoms with E-state index in [1.54, 1.807) is 28.0 Å². The van der Waals surface area contributed by atoms with E-state index in [9.17, 15) is 0 Å². The highest BCUT2D eigenvalue weighted by molar-refractivity contribution is 5.68. The van der Waals surface area contributed by atoms with E-state index in [1.165, 1.54) is 0 Å². The van der Waals surface area contributed by atoms with E-state index in [1.807, 2.05) is 36.1 Å². The summed E-state index contributed by atoms with van der Waals surface area (Å²) in [5.41, 5.74) is 3.42. The van der Waals surface area contributed by atoms with Crippen LogP contribution in [-0.4, -0.2) is 33.9 Å². The maximum Gasteiger partial charge on any atom is 0.149 e. The summed E-state index contributed by atoms with van der Waals surface area (Å²) in [7, 11) is 1.87. The first-order valence-corrected chi connectivity index (χ1v) is 7.47. The van der Waals surface area contributed by atoms with Crippen LogP contribution in [0.2, 0.25) is 0 Å². The van der Waals surface area contributed by atoms with Crippen molar-refractivity contribution in [2.24, 2.45) is 7.05 Å². The molecule has 4 aromatic heterocycles. The van der Waals surface area contributed by atoms with Crippen molar-refractivity contribution in [2.45, 2.75) is 13.0 Å². The van der Waals surface area contributed by atoms with Crippen molar-refractivity contribution < 1.29 is 0 Å². The molecule has 0 atom stereocenters. The maximum absolute atomic E-state index is 8.71. The van der Waals surface area contributed by atoms with E-state index in [2.05, 4.69) is 21.3 Å². The highest BCUT2D eigenvalue weighted by Gasteiger charge is 2.13. The van der Waals surface area contributed by atoms with Crippen molar-refractivity contribution in [1.29, 1.82) is 5.26 Å². The maximum atomic E-state index is 8.71. The van der Waals surface area contributed by atoms with Gasteiger partial charge in [0.25, 0.3) is 0 Å². The van der Waals surface area contributed by atoms with Gasteiger partial charge in [-0.1, -0.05) is 0 Å². The van der Waals surface area contributed by atoms with Crippen molar-refractivity contribution in [1.82, 2.24) is 33.9 Å². The van der Waals surface area contributed by atoms with Crippen molar-refractivity contribution in [3.63, 3.8) is 0 Å². The molecule has 4 aromatic rings. The van der Waals surface area contributed by atoms with Crippen LogP contribution in [0.15, 0.2) is 43.2 Å². The average molecular weight is 318 g/mol. The first kappa shape index (κ1) is 14.1. The lowest BCUT2D eigenvalue weighted by molar-refractivity contribution is 0.628. The summed E-state index contributed by atoms with van der Waals surface area (Å²) >= 11 is 0. The second-order valence-corrected chi connectivity index (χ2v) is 5.42. The Hall–Kier alpha value is -3.47. The molecular weight excluding hydrogens is 304 g/mol. The molecule has 24 heavy (non-hydrogen) atoms. The summed E-state index contributed by atoms with van der Waals surface area (Å²) in [4.78, 5) is 9.15. The van der Waals surface area contributed by atoms with Gasteiger partial charge in [-0.15, -0.1) is 0 Å². The second kappa shape index (κ2) is 5.62. The number of hydrogen-bond donors (Lipinski definition) is 0. The third-order valence-electron chi connectivity index (χ3n) is 3.73. The van der Waals surface area contributed by atoms with E-state index >= 15 is 0 Å². The van der Waals surface area contributed by atoms with Crippen LogP contribution in [0.5, 0.6) is 0 Å². The zero-order valence-corrected chi connectivity index (χ0v) is 13.0. The average Bonchev–Trinajstić information content (AvgIpc) is 3.32.